The molecule has 1 aliphatic rings. The zero-order valence-corrected chi connectivity index (χ0v) is 17.6. The number of hydrogen-bond donors (Lipinski definition) is 1. The van der Waals surface area contributed by atoms with Crippen LogP contribution in [0.5, 0.6) is 0 Å². The van der Waals surface area contributed by atoms with Gasteiger partial charge in [-0.05, 0) is 49.2 Å². The SMILES string of the molecule is CC.CC/C=C(Br)\C(N)=C/CN1CCN(C(=O)OC(C)(C)C)CC1. The van der Waals surface area contributed by atoms with Gasteiger partial charge in [-0.15, -0.1) is 0 Å². The molecule has 6 heteroatoms. The minimum atomic E-state index is -0.441. The third-order valence-corrected chi connectivity index (χ3v) is 4.03. The van der Waals surface area contributed by atoms with Gasteiger partial charge in [-0.2, -0.15) is 0 Å². The molecule has 1 heterocycles. The molecule has 0 aromatic rings. The molecule has 0 atom stereocenters. The zero-order valence-electron chi connectivity index (χ0n) is 16.1. The first kappa shape index (κ1) is 23.0. The minimum absolute atomic E-state index is 0.226. The number of nitrogens with zero attached hydrogens (tertiary/aromatic N) is 2. The van der Waals surface area contributed by atoms with Gasteiger partial charge in [0.25, 0.3) is 0 Å². The van der Waals surface area contributed by atoms with E-state index in [2.05, 4.69) is 27.8 Å². The maximum absolute atomic E-state index is 12.0. The molecule has 1 fully saturated rings. The van der Waals surface area contributed by atoms with Crippen molar-refractivity contribution in [2.45, 2.75) is 53.6 Å². The summed E-state index contributed by atoms with van der Waals surface area (Å²) in [7, 11) is 0. The van der Waals surface area contributed by atoms with Crippen LogP contribution in [-0.4, -0.2) is 54.2 Å². The Balaban J connectivity index is 0.00000254. The minimum Gasteiger partial charge on any atom is -0.444 e. The van der Waals surface area contributed by atoms with E-state index in [0.29, 0.717) is 13.1 Å². The van der Waals surface area contributed by atoms with E-state index >= 15 is 0 Å². The Morgan fingerprint density at radius 2 is 1.71 bits per heavy atom. The Labute approximate surface area is 156 Å². The van der Waals surface area contributed by atoms with E-state index in [1.165, 1.54) is 0 Å². The number of hydrogen-bond acceptors (Lipinski definition) is 4. The van der Waals surface area contributed by atoms with Gasteiger partial charge in [0.2, 0.25) is 0 Å². The van der Waals surface area contributed by atoms with Gasteiger partial charge < -0.3 is 15.4 Å². The van der Waals surface area contributed by atoms with Crippen LogP contribution in [0.25, 0.3) is 0 Å². The normalized spacial score (nSPS) is 17.2. The Morgan fingerprint density at radius 1 is 1.17 bits per heavy atom. The Hall–Kier alpha value is -1.01. The van der Waals surface area contributed by atoms with Gasteiger partial charge in [0.15, 0.2) is 0 Å². The van der Waals surface area contributed by atoms with E-state index in [1.54, 1.807) is 4.90 Å². The molecular weight excluding hydrogens is 370 g/mol. The Morgan fingerprint density at radius 3 is 2.17 bits per heavy atom. The summed E-state index contributed by atoms with van der Waals surface area (Å²) < 4.78 is 6.34. The molecule has 0 spiro atoms. The van der Waals surface area contributed by atoms with Crippen LogP contribution >= 0.6 is 15.9 Å². The molecule has 0 aromatic carbocycles. The third kappa shape index (κ3) is 9.33. The molecule has 140 valence electrons. The third-order valence-electron chi connectivity index (χ3n) is 3.25. The average Bonchev–Trinajstić information content (AvgIpc) is 2.53. The van der Waals surface area contributed by atoms with Gasteiger partial charge in [-0.1, -0.05) is 26.8 Å². The number of nitrogens with two attached hydrogens (primary N) is 1. The molecule has 1 saturated heterocycles. The van der Waals surface area contributed by atoms with Crippen LogP contribution in [0.3, 0.4) is 0 Å². The summed E-state index contributed by atoms with van der Waals surface area (Å²) >= 11 is 3.46. The number of allylic oxidation sites excluding steroid dienone is 2. The number of carbonyl (C=O) groups is 1. The molecular formula is C18H34BrN3O2. The van der Waals surface area contributed by atoms with E-state index in [4.69, 9.17) is 10.5 Å². The molecule has 2 N–H and O–H groups in total. The summed E-state index contributed by atoms with van der Waals surface area (Å²) in [6, 6.07) is 0. The van der Waals surface area contributed by atoms with Gasteiger partial charge in [0, 0.05) is 42.9 Å². The summed E-state index contributed by atoms with van der Waals surface area (Å²) in [5.41, 5.74) is 6.32. The van der Waals surface area contributed by atoms with Crippen LogP contribution in [0.2, 0.25) is 0 Å². The second kappa shape index (κ2) is 11.5. The molecule has 0 bridgehead atoms. The predicted molar refractivity (Wildman–Crippen MR) is 105 cm³/mol. The molecule has 1 aliphatic heterocycles. The molecule has 0 radical (unpaired) electrons. The molecule has 5 nitrogen and oxygen atoms in total. The van der Waals surface area contributed by atoms with Crippen molar-refractivity contribution in [1.82, 2.24) is 9.80 Å². The topological polar surface area (TPSA) is 58.8 Å². The second-order valence-corrected chi connectivity index (χ2v) is 7.24. The number of amides is 1. The van der Waals surface area contributed by atoms with Crippen molar-refractivity contribution in [3.8, 4) is 0 Å². The van der Waals surface area contributed by atoms with Crippen molar-refractivity contribution >= 4 is 22.0 Å². The van der Waals surface area contributed by atoms with Crippen LogP contribution in [0.4, 0.5) is 4.79 Å². The standard InChI is InChI=1S/C16H28BrN3O2.C2H6/c1-5-6-13(17)14(18)7-8-19-9-11-20(12-10-19)15(21)22-16(2,3)4;1-2/h6-7H,5,8-12,18H2,1-4H3;1-2H3/b13-6+,14-7+;. The summed E-state index contributed by atoms with van der Waals surface area (Å²) in [5, 5.41) is 0. The number of halogens is 1. The molecule has 0 saturated carbocycles. The predicted octanol–water partition coefficient (Wildman–Crippen LogP) is 4.10. The first-order valence-corrected chi connectivity index (χ1v) is 9.54. The highest BCUT2D eigenvalue weighted by Gasteiger charge is 2.25. The fraction of sp³-hybridized carbons (Fsp3) is 0.722. The lowest BCUT2D eigenvalue weighted by Crippen LogP contribution is -2.50. The van der Waals surface area contributed by atoms with E-state index < -0.39 is 5.60 Å². The highest BCUT2D eigenvalue weighted by molar-refractivity contribution is 9.12. The van der Waals surface area contributed by atoms with Gasteiger partial charge in [-0.3, -0.25) is 4.90 Å². The van der Waals surface area contributed by atoms with E-state index in [-0.39, 0.29) is 6.09 Å². The van der Waals surface area contributed by atoms with Gasteiger partial charge in [0.1, 0.15) is 5.60 Å². The highest BCUT2D eigenvalue weighted by Crippen LogP contribution is 2.14. The van der Waals surface area contributed by atoms with Gasteiger partial charge in [-0.25, -0.2) is 4.79 Å². The van der Waals surface area contributed by atoms with Crippen LogP contribution in [-0.2, 0) is 4.74 Å². The fourth-order valence-corrected chi connectivity index (χ4v) is 2.55. The fourth-order valence-electron chi connectivity index (χ4n) is 2.06. The average molecular weight is 404 g/mol. The number of ether oxygens (including phenoxy) is 1. The second-order valence-electron chi connectivity index (χ2n) is 6.39. The van der Waals surface area contributed by atoms with E-state index in [0.717, 1.165) is 36.2 Å². The zero-order chi connectivity index (χ0) is 18.8. The van der Waals surface area contributed by atoms with Crippen molar-refractivity contribution in [2.75, 3.05) is 32.7 Å². The molecule has 0 unspecified atom stereocenters. The molecule has 0 aromatic heterocycles. The van der Waals surface area contributed by atoms with Crippen LogP contribution < -0.4 is 5.73 Å². The largest absolute Gasteiger partial charge is 0.444 e. The van der Waals surface area contributed by atoms with E-state index in [9.17, 15) is 4.79 Å². The summed E-state index contributed by atoms with van der Waals surface area (Å²) in [4.78, 5) is 16.0. The van der Waals surface area contributed by atoms with Gasteiger partial charge in [0.05, 0.1) is 0 Å². The quantitative estimate of drug-likeness (QED) is 0.717. The maximum Gasteiger partial charge on any atom is 0.410 e. The lowest BCUT2D eigenvalue weighted by atomic mass is 10.2. The first-order chi connectivity index (χ1) is 11.2. The summed E-state index contributed by atoms with van der Waals surface area (Å²) in [5.74, 6) is 0. The number of carbonyl (C=O) groups excluding carboxylic acids is 1. The molecule has 24 heavy (non-hydrogen) atoms. The van der Waals surface area contributed by atoms with Gasteiger partial charge >= 0.3 is 6.09 Å². The van der Waals surface area contributed by atoms with E-state index in [1.807, 2.05) is 46.8 Å². The van der Waals surface area contributed by atoms with Crippen molar-refractivity contribution < 1.29 is 9.53 Å². The van der Waals surface area contributed by atoms with Crippen LogP contribution in [0.1, 0.15) is 48.0 Å². The molecule has 1 amide bonds. The number of piperazine rings is 1. The lowest BCUT2D eigenvalue weighted by molar-refractivity contribution is 0.0154. The molecule has 1 rings (SSSR count). The number of rotatable bonds is 4. The maximum atomic E-state index is 12.0. The van der Waals surface area contributed by atoms with Crippen molar-refractivity contribution in [3.05, 3.63) is 22.3 Å². The first-order valence-electron chi connectivity index (χ1n) is 8.75. The smallest absolute Gasteiger partial charge is 0.410 e. The summed E-state index contributed by atoms with van der Waals surface area (Å²) in [6.45, 7) is 15.6. The van der Waals surface area contributed by atoms with Crippen LogP contribution in [0.15, 0.2) is 22.3 Å². The monoisotopic (exact) mass is 403 g/mol. The Kier molecular flexibility index (Phi) is 11.0. The summed E-state index contributed by atoms with van der Waals surface area (Å²) in [6.07, 6.45) is 4.78. The van der Waals surface area contributed by atoms with Crippen molar-refractivity contribution in [1.29, 1.82) is 0 Å². The Bertz CT molecular complexity index is 434. The lowest BCUT2D eigenvalue weighted by Gasteiger charge is -2.35. The highest BCUT2D eigenvalue weighted by atomic mass is 79.9. The van der Waals surface area contributed by atoms with Crippen LogP contribution in [0, 0.1) is 0 Å². The molecule has 0 aliphatic carbocycles. The van der Waals surface area contributed by atoms with Crippen molar-refractivity contribution in [2.24, 2.45) is 5.73 Å². The van der Waals surface area contributed by atoms with Crippen molar-refractivity contribution in [3.63, 3.8) is 0 Å².